The smallest absolute Gasteiger partial charge is 0.153 e. The monoisotopic (exact) mass is 222 g/mol. The maximum Gasteiger partial charge on any atom is 0.153 e. The van der Waals surface area contributed by atoms with Gasteiger partial charge in [0.05, 0.1) is 5.69 Å². The van der Waals surface area contributed by atoms with Crippen molar-refractivity contribution < 1.29 is 0 Å². The standard InChI is InChI=1S/C13H10N4/c1-2-8-15-13(5-1)17-9-6-12(16-17)11-4-3-7-14-10-11/h1-10H. The second-order valence-electron chi connectivity index (χ2n) is 3.58. The fourth-order valence-electron chi connectivity index (χ4n) is 1.61. The van der Waals surface area contributed by atoms with E-state index in [1.807, 2.05) is 42.6 Å². The largest absolute Gasteiger partial charge is 0.264 e. The number of nitrogens with zero attached hydrogens (tertiary/aromatic N) is 4. The quantitative estimate of drug-likeness (QED) is 0.668. The average molecular weight is 222 g/mol. The molecule has 0 unspecified atom stereocenters. The fourth-order valence-corrected chi connectivity index (χ4v) is 1.61. The number of aromatic nitrogens is 4. The van der Waals surface area contributed by atoms with Crippen LogP contribution in [0.15, 0.2) is 61.2 Å². The first kappa shape index (κ1) is 9.72. The lowest BCUT2D eigenvalue weighted by Crippen LogP contribution is -1.97. The van der Waals surface area contributed by atoms with E-state index in [0.717, 1.165) is 17.1 Å². The van der Waals surface area contributed by atoms with Gasteiger partial charge in [0, 0.05) is 30.4 Å². The molecular weight excluding hydrogens is 212 g/mol. The van der Waals surface area contributed by atoms with Gasteiger partial charge in [-0.3, -0.25) is 4.98 Å². The maximum absolute atomic E-state index is 4.46. The Labute approximate surface area is 98.6 Å². The van der Waals surface area contributed by atoms with Gasteiger partial charge in [0.2, 0.25) is 0 Å². The molecule has 4 nitrogen and oxygen atoms in total. The van der Waals surface area contributed by atoms with Crippen molar-refractivity contribution in [1.29, 1.82) is 0 Å². The highest BCUT2D eigenvalue weighted by Crippen LogP contribution is 2.16. The van der Waals surface area contributed by atoms with Gasteiger partial charge in [-0.1, -0.05) is 6.07 Å². The predicted octanol–water partition coefficient (Wildman–Crippen LogP) is 2.33. The molecule has 0 spiro atoms. The van der Waals surface area contributed by atoms with E-state index in [-0.39, 0.29) is 0 Å². The second-order valence-corrected chi connectivity index (χ2v) is 3.58. The molecule has 3 heterocycles. The van der Waals surface area contributed by atoms with E-state index in [2.05, 4.69) is 15.1 Å². The van der Waals surface area contributed by atoms with Crippen LogP contribution in [0.3, 0.4) is 0 Å². The van der Waals surface area contributed by atoms with Gasteiger partial charge in [0.1, 0.15) is 0 Å². The molecule has 4 heteroatoms. The van der Waals surface area contributed by atoms with Crippen LogP contribution in [0.5, 0.6) is 0 Å². The lowest BCUT2D eigenvalue weighted by Gasteiger charge is -1.98. The number of rotatable bonds is 2. The summed E-state index contributed by atoms with van der Waals surface area (Å²) < 4.78 is 1.75. The third-order valence-corrected chi connectivity index (χ3v) is 2.43. The molecular formula is C13H10N4. The van der Waals surface area contributed by atoms with Gasteiger partial charge < -0.3 is 0 Å². The molecule has 82 valence electrons. The summed E-state index contributed by atoms with van der Waals surface area (Å²) in [6, 6.07) is 11.6. The molecule has 0 bridgehead atoms. The molecule has 0 aromatic carbocycles. The van der Waals surface area contributed by atoms with E-state index in [9.17, 15) is 0 Å². The van der Waals surface area contributed by atoms with Crippen molar-refractivity contribution in [1.82, 2.24) is 19.7 Å². The zero-order chi connectivity index (χ0) is 11.5. The summed E-state index contributed by atoms with van der Waals surface area (Å²) in [5.41, 5.74) is 1.89. The Morgan fingerprint density at radius 3 is 2.71 bits per heavy atom. The molecule has 0 aliphatic rings. The van der Waals surface area contributed by atoms with Crippen molar-refractivity contribution in [3.05, 3.63) is 61.2 Å². The zero-order valence-electron chi connectivity index (χ0n) is 9.06. The summed E-state index contributed by atoms with van der Waals surface area (Å²) in [4.78, 5) is 8.32. The van der Waals surface area contributed by atoms with Gasteiger partial charge in [-0.2, -0.15) is 5.10 Å². The number of pyridine rings is 2. The first-order valence-electron chi connectivity index (χ1n) is 5.31. The van der Waals surface area contributed by atoms with Crippen molar-refractivity contribution in [3.8, 4) is 17.1 Å². The van der Waals surface area contributed by atoms with E-state index < -0.39 is 0 Å². The van der Waals surface area contributed by atoms with Crippen LogP contribution in [-0.4, -0.2) is 19.7 Å². The molecule has 0 radical (unpaired) electrons. The van der Waals surface area contributed by atoms with Crippen molar-refractivity contribution in [3.63, 3.8) is 0 Å². The lowest BCUT2D eigenvalue weighted by molar-refractivity contribution is 0.850. The predicted molar refractivity (Wildman–Crippen MR) is 64.6 cm³/mol. The molecule has 0 aliphatic carbocycles. The maximum atomic E-state index is 4.46. The third-order valence-electron chi connectivity index (χ3n) is 2.43. The van der Waals surface area contributed by atoms with Crippen LogP contribution in [0.1, 0.15) is 0 Å². The summed E-state index contributed by atoms with van der Waals surface area (Å²) in [6.45, 7) is 0. The molecule has 0 fully saturated rings. The topological polar surface area (TPSA) is 43.6 Å². The van der Waals surface area contributed by atoms with E-state index in [1.165, 1.54) is 0 Å². The summed E-state index contributed by atoms with van der Waals surface area (Å²) in [5, 5.41) is 4.46. The SMILES string of the molecule is c1ccc(-n2ccc(-c3cccnc3)n2)nc1. The molecule has 0 amide bonds. The molecule has 0 saturated heterocycles. The van der Waals surface area contributed by atoms with Crippen LogP contribution < -0.4 is 0 Å². The minimum absolute atomic E-state index is 0.808. The average Bonchev–Trinajstić information content (AvgIpc) is 2.90. The summed E-state index contributed by atoms with van der Waals surface area (Å²) in [6.07, 6.45) is 7.19. The molecule has 3 aromatic rings. The Hall–Kier alpha value is -2.49. The van der Waals surface area contributed by atoms with E-state index in [4.69, 9.17) is 0 Å². The minimum Gasteiger partial charge on any atom is -0.264 e. The highest BCUT2D eigenvalue weighted by atomic mass is 15.3. The highest BCUT2D eigenvalue weighted by Gasteiger charge is 2.03. The Bertz CT molecular complexity index is 548. The number of hydrogen-bond donors (Lipinski definition) is 0. The van der Waals surface area contributed by atoms with Crippen molar-refractivity contribution in [2.24, 2.45) is 0 Å². The van der Waals surface area contributed by atoms with Crippen molar-refractivity contribution in [2.45, 2.75) is 0 Å². The van der Waals surface area contributed by atoms with Crippen LogP contribution in [0.4, 0.5) is 0 Å². The van der Waals surface area contributed by atoms with Crippen LogP contribution in [0.2, 0.25) is 0 Å². The van der Waals surface area contributed by atoms with Crippen LogP contribution in [0, 0.1) is 0 Å². The van der Waals surface area contributed by atoms with Gasteiger partial charge >= 0.3 is 0 Å². The molecule has 17 heavy (non-hydrogen) atoms. The third kappa shape index (κ3) is 1.92. The Morgan fingerprint density at radius 2 is 1.94 bits per heavy atom. The normalized spacial score (nSPS) is 10.4. The van der Waals surface area contributed by atoms with Gasteiger partial charge in [-0.25, -0.2) is 9.67 Å². The Balaban J connectivity index is 1.99. The summed E-state index contributed by atoms with van der Waals surface area (Å²) in [7, 11) is 0. The highest BCUT2D eigenvalue weighted by molar-refractivity contribution is 5.57. The van der Waals surface area contributed by atoms with Crippen LogP contribution in [-0.2, 0) is 0 Å². The minimum atomic E-state index is 0.808. The molecule has 0 saturated carbocycles. The van der Waals surface area contributed by atoms with Gasteiger partial charge in [0.15, 0.2) is 5.82 Å². The van der Waals surface area contributed by atoms with Crippen LogP contribution in [0.25, 0.3) is 17.1 Å². The van der Waals surface area contributed by atoms with E-state index in [0.29, 0.717) is 0 Å². The van der Waals surface area contributed by atoms with Gasteiger partial charge in [-0.15, -0.1) is 0 Å². The molecule has 3 rings (SSSR count). The van der Waals surface area contributed by atoms with Crippen molar-refractivity contribution >= 4 is 0 Å². The van der Waals surface area contributed by atoms with Crippen LogP contribution >= 0.6 is 0 Å². The van der Waals surface area contributed by atoms with Gasteiger partial charge in [-0.05, 0) is 30.3 Å². The second kappa shape index (κ2) is 4.17. The first-order valence-corrected chi connectivity index (χ1v) is 5.31. The Kier molecular flexibility index (Phi) is 2.38. The molecule has 3 aromatic heterocycles. The lowest BCUT2D eigenvalue weighted by atomic mass is 10.2. The van der Waals surface area contributed by atoms with E-state index >= 15 is 0 Å². The first-order chi connectivity index (χ1) is 8.43. The number of hydrogen-bond acceptors (Lipinski definition) is 3. The summed E-state index contributed by atoms with van der Waals surface area (Å²) >= 11 is 0. The fraction of sp³-hybridized carbons (Fsp3) is 0. The van der Waals surface area contributed by atoms with Gasteiger partial charge in [0.25, 0.3) is 0 Å². The molecule has 0 N–H and O–H groups in total. The van der Waals surface area contributed by atoms with Crippen molar-refractivity contribution in [2.75, 3.05) is 0 Å². The zero-order valence-corrected chi connectivity index (χ0v) is 9.06. The summed E-state index contributed by atoms with van der Waals surface area (Å²) in [5.74, 6) is 0.808. The van der Waals surface area contributed by atoms with E-state index in [1.54, 1.807) is 23.3 Å². The molecule has 0 atom stereocenters. The molecule has 0 aliphatic heterocycles. The Morgan fingerprint density at radius 1 is 0.941 bits per heavy atom.